The van der Waals surface area contributed by atoms with Gasteiger partial charge < -0.3 is 10.1 Å². The molecule has 0 spiro atoms. The van der Waals surface area contributed by atoms with E-state index >= 15 is 0 Å². The second-order valence-corrected chi connectivity index (χ2v) is 5.63. The number of ether oxygens (including phenoxy) is 1. The summed E-state index contributed by atoms with van der Waals surface area (Å²) in [6.45, 7) is 2.61. The van der Waals surface area contributed by atoms with Gasteiger partial charge in [0, 0.05) is 12.8 Å². The van der Waals surface area contributed by atoms with Crippen LogP contribution in [0.25, 0.3) is 0 Å². The second-order valence-electron chi connectivity index (χ2n) is 4.56. The Labute approximate surface area is 128 Å². The van der Waals surface area contributed by atoms with Gasteiger partial charge in [0.15, 0.2) is 0 Å². The lowest BCUT2D eigenvalue weighted by Gasteiger charge is -2.04. The maximum Gasteiger partial charge on any atom is 0.226 e. The molecule has 0 saturated heterocycles. The van der Waals surface area contributed by atoms with E-state index in [0.29, 0.717) is 18.2 Å². The van der Waals surface area contributed by atoms with Crippen molar-refractivity contribution in [1.29, 1.82) is 0 Å². The van der Waals surface area contributed by atoms with Gasteiger partial charge in [-0.15, -0.1) is 10.2 Å². The van der Waals surface area contributed by atoms with E-state index in [1.165, 1.54) is 11.3 Å². The lowest BCUT2D eigenvalue weighted by molar-refractivity contribution is -0.116. The zero-order chi connectivity index (χ0) is 14.9. The first-order valence-electron chi connectivity index (χ1n) is 7.08. The van der Waals surface area contributed by atoms with Crippen LogP contribution >= 0.6 is 11.3 Å². The van der Waals surface area contributed by atoms with Gasteiger partial charge in [0.05, 0.1) is 6.61 Å². The van der Waals surface area contributed by atoms with Gasteiger partial charge in [-0.2, -0.15) is 0 Å². The molecule has 0 aliphatic heterocycles. The van der Waals surface area contributed by atoms with Crippen LogP contribution in [0.15, 0.2) is 30.3 Å². The second kappa shape index (κ2) is 8.36. The molecule has 1 aromatic carbocycles. The number of para-hydroxylation sites is 1. The molecule has 2 rings (SSSR count). The smallest absolute Gasteiger partial charge is 0.226 e. The minimum absolute atomic E-state index is 0.00684. The molecule has 6 heteroatoms. The zero-order valence-electron chi connectivity index (χ0n) is 12.0. The molecule has 0 aliphatic rings. The van der Waals surface area contributed by atoms with Crippen LogP contribution in [-0.4, -0.2) is 22.7 Å². The SMILES string of the molecule is CCCC(=O)Nc1nnc(CCCOc2ccccc2)s1. The summed E-state index contributed by atoms with van der Waals surface area (Å²) in [5, 5.41) is 12.3. The van der Waals surface area contributed by atoms with Crippen molar-refractivity contribution in [3.05, 3.63) is 35.3 Å². The number of benzene rings is 1. The molecule has 1 aromatic heterocycles. The van der Waals surface area contributed by atoms with Crippen molar-refractivity contribution in [3.63, 3.8) is 0 Å². The average Bonchev–Trinajstić information content (AvgIpc) is 2.92. The highest BCUT2D eigenvalue weighted by atomic mass is 32.1. The third-order valence-corrected chi connectivity index (χ3v) is 3.64. The molecule has 112 valence electrons. The van der Waals surface area contributed by atoms with Crippen LogP contribution < -0.4 is 10.1 Å². The summed E-state index contributed by atoms with van der Waals surface area (Å²) >= 11 is 1.42. The molecule has 0 bridgehead atoms. The largest absolute Gasteiger partial charge is 0.494 e. The number of nitrogens with zero attached hydrogens (tertiary/aromatic N) is 2. The van der Waals surface area contributed by atoms with Gasteiger partial charge in [-0.05, 0) is 25.0 Å². The van der Waals surface area contributed by atoms with Crippen LogP contribution in [0, 0.1) is 0 Å². The van der Waals surface area contributed by atoms with Gasteiger partial charge in [0.25, 0.3) is 0 Å². The Morgan fingerprint density at radius 2 is 2.10 bits per heavy atom. The molecule has 0 unspecified atom stereocenters. The Bertz CT molecular complexity index is 557. The zero-order valence-corrected chi connectivity index (χ0v) is 12.9. The highest BCUT2D eigenvalue weighted by molar-refractivity contribution is 7.15. The summed E-state index contributed by atoms with van der Waals surface area (Å²) in [5.41, 5.74) is 0. The van der Waals surface area contributed by atoms with E-state index in [-0.39, 0.29) is 5.91 Å². The van der Waals surface area contributed by atoms with Crippen molar-refractivity contribution in [3.8, 4) is 5.75 Å². The normalized spacial score (nSPS) is 10.3. The first-order valence-corrected chi connectivity index (χ1v) is 7.89. The molecule has 0 radical (unpaired) electrons. The van der Waals surface area contributed by atoms with Gasteiger partial charge in [-0.25, -0.2) is 0 Å². The van der Waals surface area contributed by atoms with E-state index < -0.39 is 0 Å². The first kappa shape index (κ1) is 15.4. The standard InChI is InChI=1S/C15H19N3O2S/c1-2-7-13(19)16-15-18-17-14(21-15)10-6-11-20-12-8-4-3-5-9-12/h3-5,8-9H,2,6-7,10-11H2,1H3,(H,16,18,19). The lowest BCUT2D eigenvalue weighted by Crippen LogP contribution is -2.10. The summed E-state index contributed by atoms with van der Waals surface area (Å²) in [7, 11) is 0. The van der Waals surface area contributed by atoms with Gasteiger partial charge >= 0.3 is 0 Å². The van der Waals surface area contributed by atoms with Crippen LogP contribution in [0.5, 0.6) is 5.75 Å². The molecule has 0 fully saturated rings. The van der Waals surface area contributed by atoms with Crippen molar-refractivity contribution < 1.29 is 9.53 Å². The number of hydrogen-bond donors (Lipinski definition) is 1. The number of rotatable bonds is 8. The average molecular weight is 305 g/mol. The lowest BCUT2D eigenvalue weighted by atomic mass is 10.3. The number of carbonyl (C=O) groups excluding carboxylic acids is 1. The van der Waals surface area contributed by atoms with Crippen molar-refractivity contribution >= 4 is 22.4 Å². The first-order chi connectivity index (χ1) is 10.3. The molecular weight excluding hydrogens is 286 g/mol. The van der Waals surface area contributed by atoms with Crippen LogP contribution in [-0.2, 0) is 11.2 Å². The molecule has 1 N–H and O–H groups in total. The third-order valence-electron chi connectivity index (χ3n) is 2.74. The monoisotopic (exact) mass is 305 g/mol. The Morgan fingerprint density at radius 3 is 2.86 bits per heavy atom. The number of carbonyl (C=O) groups is 1. The summed E-state index contributed by atoms with van der Waals surface area (Å²) in [6, 6.07) is 9.73. The minimum Gasteiger partial charge on any atom is -0.494 e. The fourth-order valence-corrected chi connectivity index (χ4v) is 2.54. The fraction of sp³-hybridized carbons (Fsp3) is 0.400. The Kier molecular flexibility index (Phi) is 6.15. The van der Waals surface area contributed by atoms with E-state index in [1.807, 2.05) is 37.3 Å². The summed E-state index contributed by atoms with van der Waals surface area (Å²) < 4.78 is 5.62. The number of amides is 1. The summed E-state index contributed by atoms with van der Waals surface area (Å²) in [5.74, 6) is 0.870. The van der Waals surface area contributed by atoms with Gasteiger partial charge in [0.1, 0.15) is 10.8 Å². The van der Waals surface area contributed by atoms with Crippen molar-refractivity contribution in [2.24, 2.45) is 0 Å². The highest BCUT2D eigenvalue weighted by Crippen LogP contribution is 2.17. The van der Waals surface area contributed by atoms with Crippen LogP contribution in [0.4, 0.5) is 5.13 Å². The van der Waals surface area contributed by atoms with Gasteiger partial charge in [0.2, 0.25) is 11.0 Å². The summed E-state index contributed by atoms with van der Waals surface area (Å²) in [4.78, 5) is 11.4. The van der Waals surface area contributed by atoms with Gasteiger partial charge in [-0.3, -0.25) is 4.79 Å². The molecule has 21 heavy (non-hydrogen) atoms. The summed E-state index contributed by atoms with van der Waals surface area (Å²) in [6.07, 6.45) is 3.01. The maximum absolute atomic E-state index is 11.4. The predicted octanol–water partition coefficient (Wildman–Crippen LogP) is 3.29. The topological polar surface area (TPSA) is 64.1 Å². The Morgan fingerprint density at radius 1 is 1.29 bits per heavy atom. The minimum atomic E-state index is -0.00684. The van der Waals surface area contributed by atoms with E-state index in [9.17, 15) is 4.79 Å². The van der Waals surface area contributed by atoms with E-state index in [4.69, 9.17) is 4.74 Å². The van der Waals surface area contributed by atoms with Crippen molar-refractivity contribution in [2.75, 3.05) is 11.9 Å². The molecule has 0 saturated carbocycles. The molecule has 0 atom stereocenters. The third kappa shape index (κ3) is 5.51. The number of aromatic nitrogens is 2. The number of hydrogen-bond acceptors (Lipinski definition) is 5. The van der Waals surface area contributed by atoms with Crippen LogP contribution in [0.3, 0.4) is 0 Å². The molecule has 5 nitrogen and oxygen atoms in total. The molecule has 1 amide bonds. The molecule has 1 heterocycles. The van der Waals surface area contributed by atoms with Crippen molar-refractivity contribution in [2.45, 2.75) is 32.6 Å². The fourth-order valence-electron chi connectivity index (χ4n) is 1.74. The predicted molar refractivity (Wildman–Crippen MR) is 83.7 cm³/mol. The van der Waals surface area contributed by atoms with Crippen LogP contribution in [0.2, 0.25) is 0 Å². The van der Waals surface area contributed by atoms with Gasteiger partial charge in [-0.1, -0.05) is 36.5 Å². The van der Waals surface area contributed by atoms with E-state index in [1.54, 1.807) is 0 Å². The number of nitrogens with one attached hydrogen (secondary N) is 1. The highest BCUT2D eigenvalue weighted by Gasteiger charge is 2.07. The van der Waals surface area contributed by atoms with Crippen molar-refractivity contribution in [1.82, 2.24) is 10.2 Å². The number of aryl methyl sites for hydroxylation is 1. The molecule has 0 aliphatic carbocycles. The molecular formula is C15H19N3O2S. The Hall–Kier alpha value is -1.95. The Balaban J connectivity index is 1.69. The maximum atomic E-state index is 11.4. The van der Waals surface area contributed by atoms with Crippen LogP contribution in [0.1, 0.15) is 31.2 Å². The molecule has 2 aromatic rings. The quantitative estimate of drug-likeness (QED) is 0.760. The van der Waals surface area contributed by atoms with E-state index in [2.05, 4.69) is 15.5 Å². The van der Waals surface area contributed by atoms with E-state index in [0.717, 1.165) is 30.0 Å². The number of anilines is 1.